The molecule has 1 aliphatic heterocycles. The van der Waals surface area contributed by atoms with E-state index in [1.165, 1.54) is 13.8 Å². The van der Waals surface area contributed by atoms with E-state index in [2.05, 4.69) is 0 Å². The normalized spacial score (nSPS) is 30.1. The van der Waals surface area contributed by atoms with E-state index < -0.39 is 34.6 Å². The van der Waals surface area contributed by atoms with Gasteiger partial charge < -0.3 is 24.5 Å². The van der Waals surface area contributed by atoms with Gasteiger partial charge in [-0.2, -0.15) is 0 Å². The summed E-state index contributed by atoms with van der Waals surface area (Å²) in [5.41, 5.74) is -4.01. The molecule has 7 heteroatoms. The second-order valence-corrected chi connectivity index (χ2v) is 6.65. The van der Waals surface area contributed by atoms with Gasteiger partial charge >= 0.3 is 6.09 Å². The first-order chi connectivity index (χ1) is 8.82. The summed E-state index contributed by atoms with van der Waals surface area (Å²) in [7, 11) is 0. The highest BCUT2D eigenvalue weighted by Crippen LogP contribution is 2.41. The summed E-state index contributed by atoms with van der Waals surface area (Å²) in [6.45, 7) is 7.20. The first-order valence-corrected chi connectivity index (χ1v) is 6.25. The smallest absolute Gasteiger partial charge is 0.411 e. The minimum Gasteiger partial charge on any atom is -0.549 e. The molecule has 0 aromatic rings. The molecule has 20 heavy (non-hydrogen) atoms. The fraction of sp³-hybridized carbons (Fsp3) is 0.769. The number of carbonyl (C=O) groups excluding carboxylic acids is 3. The number of rotatable bonds is 2. The van der Waals surface area contributed by atoms with E-state index in [4.69, 9.17) is 4.74 Å². The number of hydrogen-bond acceptors (Lipinski definition) is 6. The van der Waals surface area contributed by atoms with Crippen LogP contribution in [-0.2, 0) is 14.3 Å². The van der Waals surface area contributed by atoms with Gasteiger partial charge in [0.25, 0.3) is 0 Å². The lowest BCUT2D eigenvalue weighted by atomic mass is 9.83. The molecule has 0 radical (unpaired) electrons. The van der Waals surface area contributed by atoms with Crippen LogP contribution >= 0.6 is 0 Å². The Morgan fingerprint density at radius 1 is 1.10 bits per heavy atom. The van der Waals surface area contributed by atoms with Gasteiger partial charge in [-0.15, -0.1) is 0 Å². The summed E-state index contributed by atoms with van der Waals surface area (Å²) in [6.07, 6.45) is -1.17. The number of amides is 1. The second kappa shape index (κ2) is 4.64. The lowest BCUT2D eigenvalue weighted by Gasteiger charge is -2.36. The molecule has 7 nitrogen and oxygen atoms in total. The molecule has 1 saturated heterocycles. The monoisotopic (exact) mass is 285 g/mol. The maximum atomic E-state index is 12.1. The van der Waals surface area contributed by atoms with Crippen molar-refractivity contribution in [3.63, 3.8) is 0 Å². The van der Waals surface area contributed by atoms with Crippen molar-refractivity contribution in [3.05, 3.63) is 0 Å². The number of carboxylic acids is 2. The Kier molecular flexibility index (Phi) is 3.78. The van der Waals surface area contributed by atoms with Crippen LogP contribution in [0.1, 0.15) is 41.0 Å². The van der Waals surface area contributed by atoms with Crippen LogP contribution < -0.4 is 10.2 Å². The van der Waals surface area contributed by atoms with Gasteiger partial charge in [0.05, 0.1) is 11.5 Å². The molecule has 2 unspecified atom stereocenters. The van der Waals surface area contributed by atoms with Crippen LogP contribution in [0.2, 0.25) is 0 Å². The molecule has 1 aliphatic rings. The maximum Gasteiger partial charge on any atom is 0.411 e. The Hall–Kier alpha value is -1.79. The van der Waals surface area contributed by atoms with Crippen molar-refractivity contribution in [1.82, 2.24) is 4.90 Å². The summed E-state index contributed by atoms with van der Waals surface area (Å²) < 4.78 is 5.12. The minimum absolute atomic E-state index is 0.288. The van der Waals surface area contributed by atoms with E-state index in [0.717, 1.165) is 4.90 Å². The van der Waals surface area contributed by atoms with Gasteiger partial charge in [-0.1, -0.05) is 6.92 Å². The average molecular weight is 285 g/mol. The largest absolute Gasteiger partial charge is 0.549 e. The minimum atomic E-state index is -1.74. The van der Waals surface area contributed by atoms with E-state index in [-0.39, 0.29) is 13.0 Å². The van der Waals surface area contributed by atoms with Crippen molar-refractivity contribution in [2.45, 2.75) is 52.2 Å². The maximum absolute atomic E-state index is 12.1. The molecule has 0 N–H and O–H groups in total. The van der Waals surface area contributed by atoms with Gasteiger partial charge in [-0.3, -0.25) is 4.90 Å². The lowest BCUT2D eigenvalue weighted by Crippen LogP contribution is -2.57. The highest BCUT2D eigenvalue weighted by Gasteiger charge is 2.53. The standard InChI is InChI=1S/C13H21NO6/c1-11(2,3)20-10(19)14-7-12(4,8(15)16)6-13(14,5)9(17)18/h6-7H2,1-5H3,(H,15,16)(H,17,18)/p-2. The Morgan fingerprint density at radius 3 is 1.95 bits per heavy atom. The van der Waals surface area contributed by atoms with Crippen LogP contribution in [0.25, 0.3) is 0 Å². The van der Waals surface area contributed by atoms with Gasteiger partial charge in [0, 0.05) is 17.9 Å². The Labute approximate surface area is 117 Å². The first-order valence-electron chi connectivity index (χ1n) is 6.25. The number of hydrogen-bond donors (Lipinski definition) is 0. The van der Waals surface area contributed by atoms with Crippen molar-refractivity contribution in [2.75, 3.05) is 6.54 Å². The topological polar surface area (TPSA) is 110 Å². The Balaban J connectivity index is 3.12. The molecular weight excluding hydrogens is 266 g/mol. The van der Waals surface area contributed by atoms with Crippen LogP contribution in [0, 0.1) is 5.41 Å². The number of carboxylic acid groups (broad SMARTS) is 2. The number of carbonyl (C=O) groups is 3. The zero-order valence-corrected chi connectivity index (χ0v) is 12.3. The molecule has 0 aromatic heterocycles. The van der Waals surface area contributed by atoms with Crippen LogP contribution in [0.5, 0.6) is 0 Å². The van der Waals surface area contributed by atoms with Crippen molar-refractivity contribution < 1.29 is 29.3 Å². The van der Waals surface area contributed by atoms with Gasteiger partial charge in [0.15, 0.2) is 0 Å². The molecule has 2 atom stereocenters. The molecule has 114 valence electrons. The SMILES string of the molecule is CC(C)(C)OC(=O)N1CC(C)(C(=O)[O-])CC1(C)C(=O)[O-]. The van der Waals surface area contributed by atoms with E-state index in [1.54, 1.807) is 20.8 Å². The average Bonchev–Trinajstić information content (AvgIpc) is 2.51. The summed E-state index contributed by atoms with van der Waals surface area (Å²) in [5, 5.41) is 22.5. The molecule has 1 heterocycles. The fourth-order valence-electron chi connectivity index (χ4n) is 2.34. The summed E-state index contributed by atoms with van der Waals surface area (Å²) in [4.78, 5) is 35.5. The number of ether oxygens (including phenoxy) is 1. The fourth-order valence-corrected chi connectivity index (χ4v) is 2.34. The van der Waals surface area contributed by atoms with E-state index in [0.29, 0.717) is 0 Å². The highest BCUT2D eigenvalue weighted by molar-refractivity contribution is 5.87. The molecular formula is C13H19NO6-2. The van der Waals surface area contributed by atoms with Crippen LogP contribution in [0.15, 0.2) is 0 Å². The van der Waals surface area contributed by atoms with Gasteiger partial charge in [0.2, 0.25) is 0 Å². The van der Waals surface area contributed by atoms with Crippen LogP contribution in [-0.4, -0.2) is 40.6 Å². The second-order valence-electron chi connectivity index (χ2n) is 6.65. The molecule has 1 amide bonds. The molecule has 1 fully saturated rings. The summed E-state index contributed by atoms with van der Waals surface area (Å²) >= 11 is 0. The van der Waals surface area contributed by atoms with E-state index >= 15 is 0 Å². The Morgan fingerprint density at radius 2 is 1.60 bits per heavy atom. The number of aliphatic carboxylic acids is 2. The van der Waals surface area contributed by atoms with Crippen LogP contribution in [0.4, 0.5) is 4.79 Å². The van der Waals surface area contributed by atoms with Gasteiger partial charge in [-0.05, 0) is 34.1 Å². The molecule has 0 saturated carbocycles. The third-order valence-corrected chi connectivity index (χ3v) is 3.38. The molecule has 0 spiro atoms. The molecule has 0 aromatic carbocycles. The molecule has 1 rings (SSSR count). The van der Waals surface area contributed by atoms with Gasteiger partial charge in [-0.25, -0.2) is 4.79 Å². The van der Waals surface area contributed by atoms with Crippen LogP contribution in [0.3, 0.4) is 0 Å². The van der Waals surface area contributed by atoms with Crippen molar-refractivity contribution in [1.29, 1.82) is 0 Å². The Bertz CT molecular complexity index is 454. The predicted molar refractivity (Wildman–Crippen MR) is 64.1 cm³/mol. The third-order valence-electron chi connectivity index (χ3n) is 3.38. The lowest BCUT2D eigenvalue weighted by molar-refractivity contribution is -0.319. The zero-order chi connectivity index (χ0) is 15.9. The molecule has 0 bridgehead atoms. The molecule has 0 aliphatic carbocycles. The first kappa shape index (κ1) is 16.3. The number of nitrogens with zero attached hydrogens (tertiary/aromatic N) is 1. The van der Waals surface area contributed by atoms with E-state index in [9.17, 15) is 24.6 Å². The number of likely N-dealkylation sites (tertiary alicyclic amines) is 1. The highest BCUT2D eigenvalue weighted by atomic mass is 16.6. The van der Waals surface area contributed by atoms with Crippen molar-refractivity contribution in [2.24, 2.45) is 5.41 Å². The third kappa shape index (κ3) is 2.86. The quantitative estimate of drug-likeness (QED) is 0.636. The van der Waals surface area contributed by atoms with Gasteiger partial charge in [0.1, 0.15) is 5.60 Å². The summed E-state index contributed by atoms with van der Waals surface area (Å²) in [6, 6.07) is 0. The van der Waals surface area contributed by atoms with Crippen molar-refractivity contribution in [3.8, 4) is 0 Å². The zero-order valence-electron chi connectivity index (χ0n) is 12.3. The van der Waals surface area contributed by atoms with E-state index in [1.807, 2.05) is 0 Å². The van der Waals surface area contributed by atoms with Crippen molar-refractivity contribution >= 4 is 18.0 Å². The summed E-state index contributed by atoms with van der Waals surface area (Å²) in [5.74, 6) is -2.93. The predicted octanol–water partition coefficient (Wildman–Crippen LogP) is -1.11.